The Bertz CT molecular complexity index is 1200. The number of imidazole rings is 1. The van der Waals surface area contributed by atoms with Crippen LogP contribution in [0.25, 0.3) is 11.3 Å². The maximum Gasteiger partial charge on any atom is 0.253 e. The van der Waals surface area contributed by atoms with E-state index in [2.05, 4.69) is 22.2 Å². The van der Waals surface area contributed by atoms with Crippen LogP contribution in [0, 0.1) is 0 Å². The molecule has 31 heavy (non-hydrogen) atoms. The Labute approximate surface area is 188 Å². The highest BCUT2D eigenvalue weighted by Crippen LogP contribution is 2.36. The lowest BCUT2D eigenvalue weighted by Crippen LogP contribution is -2.28. The number of carbonyl (C=O) groups is 1. The van der Waals surface area contributed by atoms with Gasteiger partial charge in [-0.2, -0.15) is 5.10 Å². The molecule has 0 saturated carbocycles. The first-order chi connectivity index (χ1) is 15.2. The molecule has 6 nitrogen and oxygen atoms in total. The molecule has 1 aliphatic heterocycles. The smallest absolute Gasteiger partial charge is 0.253 e. The highest BCUT2D eigenvalue weighted by Gasteiger charge is 2.34. The van der Waals surface area contributed by atoms with Crippen molar-refractivity contribution in [3.05, 3.63) is 83.1 Å². The van der Waals surface area contributed by atoms with Crippen LogP contribution >= 0.6 is 23.1 Å². The van der Waals surface area contributed by atoms with Crippen molar-refractivity contribution in [1.82, 2.24) is 14.6 Å². The Morgan fingerprint density at radius 1 is 1.19 bits per heavy atom. The molecule has 3 aromatic heterocycles. The first-order valence-corrected chi connectivity index (χ1v) is 11.7. The number of carbonyl (C=O) groups excluding carboxylic acids is 1. The van der Waals surface area contributed by atoms with Gasteiger partial charge in [-0.05, 0) is 29.1 Å². The zero-order valence-corrected chi connectivity index (χ0v) is 18.5. The summed E-state index contributed by atoms with van der Waals surface area (Å²) in [5.74, 6) is 0.922. The molecule has 0 aliphatic carbocycles. The van der Waals surface area contributed by atoms with Gasteiger partial charge in [-0.1, -0.05) is 48.2 Å². The molecule has 1 amide bonds. The minimum atomic E-state index is -0.102. The van der Waals surface area contributed by atoms with Crippen LogP contribution in [0.2, 0.25) is 0 Å². The Kier molecular flexibility index (Phi) is 5.48. The van der Waals surface area contributed by atoms with Gasteiger partial charge in [0, 0.05) is 18.3 Å². The maximum absolute atomic E-state index is 13.2. The summed E-state index contributed by atoms with van der Waals surface area (Å²) < 4.78 is 7.54. The van der Waals surface area contributed by atoms with Gasteiger partial charge < -0.3 is 8.98 Å². The third-order valence-corrected chi connectivity index (χ3v) is 7.19. The van der Waals surface area contributed by atoms with Crippen LogP contribution in [0.5, 0.6) is 0 Å². The third-order valence-electron chi connectivity index (χ3n) is 5.18. The van der Waals surface area contributed by atoms with E-state index in [0.29, 0.717) is 12.2 Å². The zero-order chi connectivity index (χ0) is 21.2. The van der Waals surface area contributed by atoms with Gasteiger partial charge in [0.15, 0.2) is 5.16 Å². The number of nitrogens with zero attached hydrogens (tertiary/aromatic N) is 4. The van der Waals surface area contributed by atoms with Gasteiger partial charge in [0.2, 0.25) is 0 Å². The molecule has 0 radical (unpaired) electrons. The Morgan fingerprint density at radius 2 is 2.06 bits per heavy atom. The van der Waals surface area contributed by atoms with Crippen molar-refractivity contribution in [2.75, 3.05) is 5.75 Å². The van der Waals surface area contributed by atoms with Gasteiger partial charge in [-0.3, -0.25) is 4.79 Å². The molecule has 0 unspecified atom stereocenters. The fourth-order valence-electron chi connectivity index (χ4n) is 3.63. The minimum absolute atomic E-state index is 0.0470. The predicted octanol–water partition coefficient (Wildman–Crippen LogP) is 5.21. The molecule has 0 spiro atoms. The van der Waals surface area contributed by atoms with E-state index in [1.807, 2.05) is 65.7 Å². The summed E-state index contributed by atoms with van der Waals surface area (Å²) >= 11 is 3.06. The molecule has 156 valence electrons. The molecule has 5 rings (SSSR count). The molecule has 0 fully saturated rings. The highest BCUT2D eigenvalue weighted by molar-refractivity contribution is 7.99. The SMILES string of the molecule is Cn1c(-c2ccccc2)cnc1SCC(=O)N1N=C(c2ccco2)C[C@H]1c1cccs1. The Hall–Kier alpha value is -3.10. The topological polar surface area (TPSA) is 63.6 Å². The average Bonchev–Trinajstić information content (AvgIpc) is 3.59. The van der Waals surface area contributed by atoms with E-state index in [1.165, 1.54) is 11.8 Å². The highest BCUT2D eigenvalue weighted by atomic mass is 32.2. The van der Waals surface area contributed by atoms with Crippen LogP contribution in [-0.2, 0) is 11.8 Å². The van der Waals surface area contributed by atoms with E-state index in [0.717, 1.165) is 27.0 Å². The summed E-state index contributed by atoms with van der Waals surface area (Å²) in [6.45, 7) is 0. The first-order valence-electron chi connectivity index (χ1n) is 9.87. The van der Waals surface area contributed by atoms with Crippen molar-refractivity contribution >= 4 is 34.7 Å². The lowest BCUT2D eigenvalue weighted by Gasteiger charge is -2.20. The molecular formula is C23H20N4O2S2. The zero-order valence-electron chi connectivity index (χ0n) is 16.8. The Balaban J connectivity index is 1.34. The van der Waals surface area contributed by atoms with Crippen molar-refractivity contribution in [2.45, 2.75) is 17.6 Å². The lowest BCUT2D eigenvalue weighted by molar-refractivity contribution is -0.130. The maximum atomic E-state index is 13.2. The molecular weight excluding hydrogens is 428 g/mol. The largest absolute Gasteiger partial charge is 0.463 e. The van der Waals surface area contributed by atoms with Crippen molar-refractivity contribution in [3.8, 4) is 11.3 Å². The van der Waals surface area contributed by atoms with Crippen LogP contribution in [0.1, 0.15) is 23.1 Å². The molecule has 0 N–H and O–H groups in total. The number of amides is 1. The number of thioether (sulfide) groups is 1. The molecule has 4 heterocycles. The second-order valence-electron chi connectivity index (χ2n) is 7.14. The summed E-state index contributed by atoms with van der Waals surface area (Å²) in [5.41, 5.74) is 2.91. The van der Waals surface area contributed by atoms with E-state index >= 15 is 0 Å². The summed E-state index contributed by atoms with van der Waals surface area (Å²) in [6.07, 6.45) is 4.12. The fourth-order valence-corrected chi connectivity index (χ4v) is 5.25. The van der Waals surface area contributed by atoms with E-state index in [-0.39, 0.29) is 17.7 Å². The number of furan rings is 1. The summed E-state index contributed by atoms with van der Waals surface area (Å²) in [4.78, 5) is 18.8. The second-order valence-corrected chi connectivity index (χ2v) is 9.06. The van der Waals surface area contributed by atoms with Gasteiger partial charge in [-0.25, -0.2) is 9.99 Å². The number of aromatic nitrogens is 2. The van der Waals surface area contributed by atoms with Crippen molar-refractivity contribution in [1.29, 1.82) is 0 Å². The monoisotopic (exact) mass is 448 g/mol. The van der Waals surface area contributed by atoms with Crippen LogP contribution < -0.4 is 0 Å². The van der Waals surface area contributed by atoms with Crippen molar-refractivity contribution < 1.29 is 9.21 Å². The fraction of sp³-hybridized carbons (Fsp3) is 0.174. The van der Waals surface area contributed by atoms with E-state index in [1.54, 1.807) is 22.6 Å². The van der Waals surface area contributed by atoms with E-state index in [9.17, 15) is 4.79 Å². The normalized spacial score (nSPS) is 16.0. The average molecular weight is 449 g/mol. The van der Waals surface area contributed by atoms with Crippen LogP contribution in [-0.4, -0.2) is 31.9 Å². The molecule has 1 aliphatic rings. The molecule has 0 saturated heterocycles. The second kappa shape index (κ2) is 8.56. The van der Waals surface area contributed by atoms with E-state index < -0.39 is 0 Å². The Morgan fingerprint density at radius 3 is 2.81 bits per heavy atom. The first kappa shape index (κ1) is 19.8. The number of hydrogen-bond donors (Lipinski definition) is 0. The summed E-state index contributed by atoms with van der Waals surface area (Å²) in [5, 5.41) is 9.06. The number of hydrogen-bond acceptors (Lipinski definition) is 6. The van der Waals surface area contributed by atoms with Crippen molar-refractivity contribution in [2.24, 2.45) is 12.1 Å². The third kappa shape index (κ3) is 3.96. The molecule has 1 atom stereocenters. The molecule has 4 aromatic rings. The van der Waals surface area contributed by atoms with Gasteiger partial charge in [0.25, 0.3) is 5.91 Å². The quantitative estimate of drug-likeness (QED) is 0.380. The van der Waals surface area contributed by atoms with Gasteiger partial charge >= 0.3 is 0 Å². The lowest BCUT2D eigenvalue weighted by atomic mass is 10.1. The standard InChI is InChI=1S/C23H20N4O2S2/c1-26-19(16-7-3-2-4-8-16)14-24-23(26)31-15-22(28)27-18(21-10-6-12-30-21)13-17(25-27)20-9-5-11-29-20/h2-12,14,18H,13,15H2,1H3/t18-/m0/s1. The van der Waals surface area contributed by atoms with Crippen LogP contribution in [0.15, 0.2) is 87.1 Å². The number of rotatable bonds is 6. The van der Waals surface area contributed by atoms with Crippen molar-refractivity contribution in [3.63, 3.8) is 0 Å². The van der Waals surface area contributed by atoms with E-state index in [4.69, 9.17) is 4.42 Å². The minimum Gasteiger partial charge on any atom is -0.463 e. The van der Waals surface area contributed by atoms with Gasteiger partial charge in [0.05, 0.1) is 29.9 Å². The summed E-state index contributed by atoms with van der Waals surface area (Å²) in [7, 11) is 1.97. The van der Waals surface area contributed by atoms with Crippen LogP contribution in [0.4, 0.5) is 0 Å². The van der Waals surface area contributed by atoms with Crippen LogP contribution in [0.3, 0.4) is 0 Å². The number of thiophene rings is 1. The molecule has 8 heteroatoms. The van der Waals surface area contributed by atoms with Gasteiger partial charge in [0.1, 0.15) is 11.5 Å². The number of hydrazone groups is 1. The van der Waals surface area contributed by atoms with Gasteiger partial charge in [-0.15, -0.1) is 11.3 Å². The molecule has 1 aromatic carbocycles. The number of benzene rings is 1. The predicted molar refractivity (Wildman–Crippen MR) is 123 cm³/mol. The summed E-state index contributed by atoms with van der Waals surface area (Å²) in [6, 6.07) is 17.8. The molecule has 0 bridgehead atoms.